The van der Waals surface area contributed by atoms with Crippen molar-refractivity contribution < 1.29 is 14.6 Å². The molecule has 2 aromatic rings. The average molecular weight is 352 g/mol. The number of phenolic OH excluding ortho intramolecular Hbond substituents is 1. The van der Waals surface area contributed by atoms with E-state index in [-0.39, 0.29) is 10.8 Å². The number of benzene rings is 2. The van der Waals surface area contributed by atoms with Crippen LogP contribution in [0.5, 0.6) is 5.75 Å². The minimum absolute atomic E-state index is 0.0150. The second kappa shape index (κ2) is 7.90. The Morgan fingerprint density at radius 2 is 1.96 bits per heavy atom. The lowest BCUT2D eigenvalue weighted by atomic mass is 10.1. The lowest BCUT2D eigenvalue weighted by Gasteiger charge is -2.10. The molecule has 0 radical (unpaired) electrons. The number of aromatic hydroxyl groups is 1. The maximum absolute atomic E-state index is 11.0. The van der Waals surface area contributed by atoms with Crippen LogP contribution in [0.2, 0.25) is 10.0 Å². The average Bonchev–Trinajstić information content (AvgIpc) is 2.55. The Labute approximate surface area is 144 Å². The van der Waals surface area contributed by atoms with Crippen LogP contribution in [0.3, 0.4) is 0 Å². The van der Waals surface area contributed by atoms with Gasteiger partial charge in [-0.05, 0) is 35.9 Å². The molecule has 23 heavy (non-hydrogen) atoms. The molecular weight excluding hydrogens is 337 g/mol. The van der Waals surface area contributed by atoms with Crippen molar-refractivity contribution >= 4 is 40.9 Å². The van der Waals surface area contributed by atoms with Gasteiger partial charge in [-0.25, -0.2) is 4.79 Å². The van der Waals surface area contributed by atoms with E-state index in [0.717, 1.165) is 11.3 Å². The number of nitrogens with one attached hydrogen (secondary N) is 1. The van der Waals surface area contributed by atoms with Crippen molar-refractivity contribution in [3.63, 3.8) is 0 Å². The zero-order chi connectivity index (χ0) is 16.8. The van der Waals surface area contributed by atoms with E-state index < -0.39 is 5.97 Å². The summed E-state index contributed by atoms with van der Waals surface area (Å²) in [6, 6.07) is 10.6. The zero-order valence-corrected chi connectivity index (χ0v) is 13.9. The van der Waals surface area contributed by atoms with Crippen molar-refractivity contribution in [2.24, 2.45) is 0 Å². The van der Waals surface area contributed by atoms with E-state index in [1.54, 1.807) is 12.1 Å². The van der Waals surface area contributed by atoms with Gasteiger partial charge in [0, 0.05) is 28.9 Å². The van der Waals surface area contributed by atoms with Crippen molar-refractivity contribution in [3.05, 3.63) is 63.6 Å². The normalized spacial score (nSPS) is 10.7. The van der Waals surface area contributed by atoms with E-state index in [1.807, 2.05) is 24.3 Å². The second-order valence-electron chi connectivity index (χ2n) is 4.73. The summed E-state index contributed by atoms with van der Waals surface area (Å²) < 4.78 is 4.53. The van der Waals surface area contributed by atoms with Gasteiger partial charge in [-0.2, -0.15) is 0 Å². The van der Waals surface area contributed by atoms with Crippen LogP contribution in [0.4, 0.5) is 5.69 Å². The fourth-order valence-corrected chi connectivity index (χ4v) is 2.43. The molecule has 0 aliphatic rings. The summed E-state index contributed by atoms with van der Waals surface area (Å²) in [4.78, 5) is 11.0. The number of methoxy groups -OCH3 is 1. The molecule has 0 saturated carbocycles. The molecule has 0 atom stereocenters. The number of ether oxygens (including phenoxy) is 1. The summed E-state index contributed by atoms with van der Waals surface area (Å²) in [5.74, 6) is -0.387. The Kier molecular flexibility index (Phi) is 5.90. The molecule has 2 rings (SSSR count). The Bertz CT molecular complexity index is 727. The third-order valence-electron chi connectivity index (χ3n) is 3.11. The maximum atomic E-state index is 11.0. The van der Waals surface area contributed by atoms with Gasteiger partial charge in [-0.3, -0.25) is 0 Å². The van der Waals surface area contributed by atoms with Crippen LogP contribution in [-0.4, -0.2) is 18.2 Å². The molecule has 120 valence electrons. The number of phenols is 1. The number of halogens is 2. The first-order valence-electron chi connectivity index (χ1n) is 6.76. The minimum Gasteiger partial charge on any atom is -0.506 e. The monoisotopic (exact) mass is 351 g/mol. The number of rotatable bonds is 5. The fraction of sp³-hybridized carbons (Fsp3) is 0.118. The third-order valence-corrected chi connectivity index (χ3v) is 3.62. The summed E-state index contributed by atoms with van der Waals surface area (Å²) in [7, 11) is 1.33. The number of carbonyl (C=O) groups excluding carboxylic acids is 1. The summed E-state index contributed by atoms with van der Waals surface area (Å²) in [5, 5.41) is 13.8. The van der Waals surface area contributed by atoms with E-state index >= 15 is 0 Å². The molecule has 2 aromatic carbocycles. The molecule has 0 aromatic heterocycles. The lowest BCUT2D eigenvalue weighted by Crippen LogP contribution is -2.00. The van der Waals surface area contributed by atoms with Crippen LogP contribution in [0.1, 0.15) is 11.1 Å². The van der Waals surface area contributed by atoms with E-state index in [0.29, 0.717) is 17.1 Å². The summed E-state index contributed by atoms with van der Waals surface area (Å²) in [6.07, 6.45) is 3.02. The molecule has 4 nitrogen and oxygen atoms in total. The maximum Gasteiger partial charge on any atom is 0.330 e. The summed E-state index contributed by atoms with van der Waals surface area (Å²) in [5.41, 5.74) is 2.34. The van der Waals surface area contributed by atoms with E-state index in [9.17, 15) is 9.90 Å². The third kappa shape index (κ3) is 4.91. The molecule has 0 unspecified atom stereocenters. The number of esters is 1. The van der Waals surface area contributed by atoms with Crippen LogP contribution >= 0.6 is 23.2 Å². The number of carbonyl (C=O) groups is 1. The Morgan fingerprint density at radius 1 is 1.26 bits per heavy atom. The van der Waals surface area contributed by atoms with E-state index in [2.05, 4.69) is 10.1 Å². The van der Waals surface area contributed by atoms with Gasteiger partial charge in [0.1, 0.15) is 5.75 Å². The Balaban J connectivity index is 2.02. The van der Waals surface area contributed by atoms with Gasteiger partial charge in [-0.15, -0.1) is 0 Å². The molecule has 6 heteroatoms. The second-order valence-corrected chi connectivity index (χ2v) is 5.57. The molecule has 0 saturated heterocycles. The largest absolute Gasteiger partial charge is 0.506 e. The molecule has 0 amide bonds. The topological polar surface area (TPSA) is 58.6 Å². The van der Waals surface area contributed by atoms with Gasteiger partial charge in [0.25, 0.3) is 0 Å². The predicted octanol–water partition coefficient (Wildman–Crippen LogP) is 4.50. The lowest BCUT2D eigenvalue weighted by molar-refractivity contribution is -0.134. The highest BCUT2D eigenvalue weighted by atomic mass is 35.5. The van der Waals surface area contributed by atoms with Crippen LogP contribution in [0.15, 0.2) is 42.5 Å². The van der Waals surface area contributed by atoms with Crippen molar-refractivity contribution in [1.29, 1.82) is 0 Å². The molecule has 0 aliphatic heterocycles. The first kappa shape index (κ1) is 17.2. The van der Waals surface area contributed by atoms with E-state index in [1.165, 1.54) is 19.3 Å². The first-order chi connectivity index (χ1) is 11.0. The summed E-state index contributed by atoms with van der Waals surface area (Å²) in [6.45, 7) is 0.378. The molecule has 0 heterocycles. The Morgan fingerprint density at radius 3 is 2.61 bits per heavy atom. The predicted molar refractivity (Wildman–Crippen MR) is 92.9 cm³/mol. The standard InChI is InChI=1S/C17H15Cl2NO3/c1-23-16(21)7-4-11-2-5-14(6-3-11)20-10-12-8-13(18)9-15(19)17(12)22/h2-9,20,22H,10H2,1H3/b7-4+. The SMILES string of the molecule is COC(=O)/C=C/c1ccc(NCc2cc(Cl)cc(Cl)c2O)cc1. The minimum atomic E-state index is -0.402. The van der Waals surface area contributed by atoms with E-state index in [4.69, 9.17) is 23.2 Å². The highest BCUT2D eigenvalue weighted by Crippen LogP contribution is 2.31. The smallest absolute Gasteiger partial charge is 0.330 e. The van der Waals surface area contributed by atoms with Gasteiger partial charge < -0.3 is 15.2 Å². The van der Waals surface area contributed by atoms with Crippen LogP contribution in [-0.2, 0) is 16.1 Å². The summed E-state index contributed by atoms with van der Waals surface area (Å²) >= 11 is 11.8. The van der Waals surface area contributed by atoms with Gasteiger partial charge >= 0.3 is 5.97 Å². The zero-order valence-electron chi connectivity index (χ0n) is 12.3. The van der Waals surface area contributed by atoms with Crippen molar-refractivity contribution in [2.75, 3.05) is 12.4 Å². The van der Waals surface area contributed by atoms with Crippen LogP contribution < -0.4 is 5.32 Å². The number of hydrogen-bond donors (Lipinski definition) is 2. The van der Waals surface area contributed by atoms with Crippen molar-refractivity contribution in [3.8, 4) is 5.75 Å². The molecule has 0 bridgehead atoms. The Hall–Kier alpha value is -2.17. The number of hydrogen-bond acceptors (Lipinski definition) is 4. The van der Waals surface area contributed by atoms with Crippen LogP contribution in [0.25, 0.3) is 6.08 Å². The van der Waals surface area contributed by atoms with Crippen molar-refractivity contribution in [1.82, 2.24) is 0 Å². The fourth-order valence-electron chi connectivity index (χ4n) is 1.90. The molecule has 2 N–H and O–H groups in total. The molecule has 0 aliphatic carbocycles. The quantitative estimate of drug-likeness (QED) is 0.615. The molecule has 0 fully saturated rings. The van der Waals surface area contributed by atoms with Gasteiger partial charge in [0.2, 0.25) is 0 Å². The highest BCUT2D eigenvalue weighted by Gasteiger charge is 2.07. The highest BCUT2D eigenvalue weighted by molar-refractivity contribution is 6.35. The van der Waals surface area contributed by atoms with Gasteiger partial charge in [-0.1, -0.05) is 35.3 Å². The molecule has 0 spiro atoms. The number of anilines is 1. The van der Waals surface area contributed by atoms with Gasteiger partial charge in [0.15, 0.2) is 0 Å². The molecular formula is C17H15Cl2NO3. The van der Waals surface area contributed by atoms with Crippen molar-refractivity contribution in [2.45, 2.75) is 6.54 Å². The first-order valence-corrected chi connectivity index (χ1v) is 7.52. The van der Waals surface area contributed by atoms with Gasteiger partial charge in [0.05, 0.1) is 12.1 Å². The van der Waals surface area contributed by atoms with Crippen LogP contribution in [0, 0.1) is 0 Å².